The quantitative estimate of drug-likeness (QED) is 0.891. The summed E-state index contributed by atoms with van der Waals surface area (Å²) in [5.41, 5.74) is 5.65. The van der Waals surface area contributed by atoms with E-state index in [0.29, 0.717) is 12.5 Å². The molecule has 0 radical (unpaired) electrons. The maximum atomic E-state index is 11.8. The van der Waals surface area contributed by atoms with Crippen molar-refractivity contribution in [3.8, 4) is 0 Å². The molecule has 0 spiro atoms. The topological polar surface area (TPSA) is 68.3 Å². The van der Waals surface area contributed by atoms with Gasteiger partial charge in [0.1, 0.15) is 0 Å². The summed E-state index contributed by atoms with van der Waals surface area (Å²) in [4.78, 5) is 11.8. The zero-order chi connectivity index (χ0) is 11.5. The predicted octanol–water partition coefficient (Wildman–Crippen LogP) is 2.21. The SMILES string of the molecule is Cl.NCC1CCCC1NC(=O)c1ccc(Cl)o1. The Bertz CT molecular complexity index is 381. The second kappa shape index (κ2) is 6.28. The molecule has 1 heterocycles. The third-order valence-corrected chi connectivity index (χ3v) is 3.28. The third kappa shape index (κ3) is 3.37. The lowest BCUT2D eigenvalue weighted by atomic mass is 10.0. The van der Waals surface area contributed by atoms with Gasteiger partial charge in [0.15, 0.2) is 11.0 Å². The van der Waals surface area contributed by atoms with Gasteiger partial charge < -0.3 is 15.5 Å². The van der Waals surface area contributed by atoms with Gasteiger partial charge in [-0.1, -0.05) is 6.42 Å². The van der Waals surface area contributed by atoms with Crippen LogP contribution < -0.4 is 11.1 Å². The van der Waals surface area contributed by atoms with Crippen LogP contribution in [0.5, 0.6) is 0 Å². The van der Waals surface area contributed by atoms with Crippen LogP contribution in [0.25, 0.3) is 0 Å². The highest BCUT2D eigenvalue weighted by Crippen LogP contribution is 2.25. The van der Waals surface area contributed by atoms with Crippen molar-refractivity contribution in [2.75, 3.05) is 6.54 Å². The molecule has 17 heavy (non-hydrogen) atoms. The number of furan rings is 1. The Morgan fingerprint density at radius 1 is 1.53 bits per heavy atom. The van der Waals surface area contributed by atoms with Crippen molar-refractivity contribution >= 4 is 29.9 Å². The highest BCUT2D eigenvalue weighted by molar-refractivity contribution is 6.29. The van der Waals surface area contributed by atoms with E-state index in [9.17, 15) is 4.79 Å². The van der Waals surface area contributed by atoms with Crippen molar-refractivity contribution < 1.29 is 9.21 Å². The van der Waals surface area contributed by atoms with Gasteiger partial charge in [-0.25, -0.2) is 0 Å². The Balaban J connectivity index is 0.00000144. The van der Waals surface area contributed by atoms with E-state index in [1.165, 1.54) is 0 Å². The van der Waals surface area contributed by atoms with Crippen LogP contribution in [-0.4, -0.2) is 18.5 Å². The van der Waals surface area contributed by atoms with Crippen molar-refractivity contribution in [3.63, 3.8) is 0 Å². The normalized spacial score (nSPS) is 23.2. The summed E-state index contributed by atoms with van der Waals surface area (Å²) < 4.78 is 5.05. The van der Waals surface area contributed by atoms with E-state index in [-0.39, 0.29) is 35.3 Å². The fraction of sp³-hybridized carbons (Fsp3) is 0.545. The van der Waals surface area contributed by atoms with Crippen molar-refractivity contribution in [2.45, 2.75) is 25.3 Å². The molecule has 0 aromatic carbocycles. The van der Waals surface area contributed by atoms with Crippen LogP contribution in [0.1, 0.15) is 29.8 Å². The molecule has 96 valence electrons. The van der Waals surface area contributed by atoms with Crippen LogP contribution in [0.2, 0.25) is 5.22 Å². The number of amides is 1. The van der Waals surface area contributed by atoms with E-state index in [1.54, 1.807) is 12.1 Å². The summed E-state index contributed by atoms with van der Waals surface area (Å²) in [7, 11) is 0. The lowest BCUT2D eigenvalue weighted by Gasteiger charge is -2.18. The molecule has 6 heteroatoms. The summed E-state index contributed by atoms with van der Waals surface area (Å²) in [6.07, 6.45) is 3.19. The van der Waals surface area contributed by atoms with Gasteiger partial charge in [-0.3, -0.25) is 4.79 Å². The first-order valence-corrected chi connectivity index (χ1v) is 5.85. The number of hydrogen-bond acceptors (Lipinski definition) is 3. The van der Waals surface area contributed by atoms with Crippen molar-refractivity contribution in [1.82, 2.24) is 5.32 Å². The Hall–Kier alpha value is -0.710. The second-order valence-electron chi connectivity index (χ2n) is 4.11. The second-order valence-corrected chi connectivity index (χ2v) is 4.48. The molecule has 1 amide bonds. The van der Waals surface area contributed by atoms with Crippen LogP contribution in [0.4, 0.5) is 0 Å². The van der Waals surface area contributed by atoms with E-state index in [1.807, 2.05) is 0 Å². The van der Waals surface area contributed by atoms with Crippen LogP contribution in [-0.2, 0) is 0 Å². The molecule has 3 N–H and O–H groups in total. The highest BCUT2D eigenvalue weighted by atomic mass is 35.5. The summed E-state index contributed by atoms with van der Waals surface area (Å²) in [6.45, 7) is 0.615. The fourth-order valence-corrected chi connectivity index (χ4v) is 2.33. The molecule has 2 atom stereocenters. The van der Waals surface area contributed by atoms with E-state index in [2.05, 4.69) is 5.32 Å². The molecule has 0 bridgehead atoms. The maximum absolute atomic E-state index is 11.8. The maximum Gasteiger partial charge on any atom is 0.287 e. The molecule has 1 fully saturated rings. The molecular formula is C11H16Cl2N2O2. The lowest BCUT2D eigenvalue weighted by Crippen LogP contribution is -2.39. The third-order valence-electron chi connectivity index (χ3n) is 3.08. The zero-order valence-corrected chi connectivity index (χ0v) is 10.9. The summed E-state index contributed by atoms with van der Waals surface area (Å²) in [6, 6.07) is 3.30. The number of halogens is 2. The Morgan fingerprint density at radius 3 is 2.88 bits per heavy atom. The number of hydrogen-bond donors (Lipinski definition) is 2. The van der Waals surface area contributed by atoms with Gasteiger partial charge in [0.05, 0.1) is 0 Å². The number of carbonyl (C=O) groups is 1. The monoisotopic (exact) mass is 278 g/mol. The minimum atomic E-state index is -0.211. The molecule has 1 aliphatic rings. The number of nitrogens with one attached hydrogen (secondary N) is 1. The van der Waals surface area contributed by atoms with Crippen molar-refractivity contribution in [3.05, 3.63) is 23.1 Å². The Labute approximate surface area is 111 Å². The average molecular weight is 279 g/mol. The molecule has 2 unspecified atom stereocenters. The first kappa shape index (κ1) is 14.4. The smallest absolute Gasteiger partial charge is 0.287 e. The molecule has 0 aliphatic heterocycles. The zero-order valence-electron chi connectivity index (χ0n) is 9.32. The molecular weight excluding hydrogens is 263 g/mol. The van der Waals surface area contributed by atoms with Crippen LogP contribution in [0, 0.1) is 5.92 Å². The fourth-order valence-electron chi connectivity index (χ4n) is 2.18. The van der Waals surface area contributed by atoms with Crippen LogP contribution >= 0.6 is 24.0 Å². The molecule has 4 nitrogen and oxygen atoms in total. The first-order valence-electron chi connectivity index (χ1n) is 5.47. The van der Waals surface area contributed by atoms with E-state index in [0.717, 1.165) is 19.3 Å². The summed E-state index contributed by atoms with van der Waals surface area (Å²) in [5, 5.41) is 3.17. The minimum Gasteiger partial charge on any atom is -0.440 e. The first-order chi connectivity index (χ1) is 7.70. The highest BCUT2D eigenvalue weighted by Gasteiger charge is 2.28. The van der Waals surface area contributed by atoms with Crippen molar-refractivity contribution in [1.29, 1.82) is 0 Å². The van der Waals surface area contributed by atoms with Gasteiger partial charge in [0.25, 0.3) is 5.91 Å². The lowest BCUT2D eigenvalue weighted by molar-refractivity contribution is 0.0900. The standard InChI is InChI=1S/C11H15ClN2O2.ClH/c12-10-5-4-9(16-10)11(15)14-8-3-1-2-7(8)6-13;/h4-5,7-8H,1-3,6,13H2,(H,14,15);1H. The van der Waals surface area contributed by atoms with Crippen molar-refractivity contribution in [2.24, 2.45) is 11.7 Å². The van der Waals surface area contributed by atoms with Gasteiger partial charge in [-0.15, -0.1) is 12.4 Å². The largest absolute Gasteiger partial charge is 0.440 e. The van der Waals surface area contributed by atoms with Gasteiger partial charge in [0, 0.05) is 6.04 Å². The summed E-state index contributed by atoms with van der Waals surface area (Å²) in [5.74, 6) is 0.430. The van der Waals surface area contributed by atoms with E-state index >= 15 is 0 Å². The number of rotatable bonds is 3. The molecule has 1 saturated carbocycles. The molecule has 1 aromatic rings. The Morgan fingerprint density at radius 2 is 2.29 bits per heavy atom. The molecule has 2 rings (SSSR count). The van der Waals surface area contributed by atoms with Gasteiger partial charge >= 0.3 is 0 Å². The number of nitrogens with two attached hydrogens (primary N) is 1. The predicted molar refractivity (Wildman–Crippen MR) is 68.6 cm³/mol. The van der Waals surface area contributed by atoms with Gasteiger partial charge in [-0.05, 0) is 49.0 Å². The molecule has 0 saturated heterocycles. The van der Waals surface area contributed by atoms with E-state index < -0.39 is 0 Å². The summed E-state index contributed by atoms with van der Waals surface area (Å²) >= 11 is 5.61. The van der Waals surface area contributed by atoms with Crippen LogP contribution in [0.15, 0.2) is 16.5 Å². The number of carbonyl (C=O) groups excluding carboxylic acids is 1. The minimum absolute atomic E-state index is 0. The van der Waals surface area contributed by atoms with Gasteiger partial charge in [0.2, 0.25) is 0 Å². The molecule has 1 aromatic heterocycles. The Kier molecular flexibility index (Phi) is 5.31. The van der Waals surface area contributed by atoms with Gasteiger partial charge in [-0.2, -0.15) is 0 Å². The van der Waals surface area contributed by atoms with Crippen LogP contribution in [0.3, 0.4) is 0 Å². The van der Waals surface area contributed by atoms with E-state index in [4.69, 9.17) is 21.8 Å². The molecule has 1 aliphatic carbocycles. The average Bonchev–Trinajstić information content (AvgIpc) is 2.86.